The maximum absolute atomic E-state index is 6.22. The molecule has 11 rings (SSSR count). The topological polar surface area (TPSA) is 16.4 Å². The number of anilines is 3. The number of hydrogen-bond donors (Lipinski definition) is 0. The standard InChI is InChI=1S/C50H31NOS/c1-2-13-32(14-3-1)43-31-35(26-27-37(43)34-25-28-48-44(29-34)40-19-8-10-23-47(40)52-48)51(45-22-12-21-42-41-20-9-11-24-49(41)53-50(42)45)46-30-33-15-4-5-16-36(33)38-17-6-7-18-39(38)46/h1-31H. The number of benzene rings is 9. The highest BCUT2D eigenvalue weighted by atomic mass is 32.1. The van der Waals surface area contributed by atoms with Crippen molar-refractivity contribution in [2.45, 2.75) is 0 Å². The Balaban J connectivity index is 1.21. The summed E-state index contributed by atoms with van der Waals surface area (Å²) >= 11 is 1.87. The Morgan fingerprint density at radius 1 is 0.377 bits per heavy atom. The summed E-state index contributed by atoms with van der Waals surface area (Å²) in [6, 6.07) is 68.2. The first-order valence-electron chi connectivity index (χ1n) is 18.0. The van der Waals surface area contributed by atoms with Gasteiger partial charge in [0.1, 0.15) is 11.2 Å². The van der Waals surface area contributed by atoms with E-state index in [1.807, 2.05) is 23.5 Å². The molecule has 3 heteroatoms. The van der Waals surface area contributed by atoms with E-state index in [1.54, 1.807) is 0 Å². The number of nitrogens with zero attached hydrogens (tertiary/aromatic N) is 1. The molecule has 0 aliphatic carbocycles. The molecular formula is C50H31NOS. The first-order valence-corrected chi connectivity index (χ1v) is 18.8. The van der Waals surface area contributed by atoms with Crippen LogP contribution in [0.3, 0.4) is 0 Å². The fourth-order valence-corrected chi connectivity index (χ4v) is 9.42. The van der Waals surface area contributed by atoms with Crippen LogP contribution in [0.2, 0.25) is 0 Å². The highest BCUT2D eigenvalue weighted by molar-refractivity contribution is 7.26. The molecule has 2 nitrogen and oxygen atoms in total. The Labute approximate surface area is 310 Å². The lowest BCUT2D eigenvalue weighted by atomic mass is 9.92. The second-order valence-electron chi connectivity index (χ2n) is 13.7. The molecule has 0 aliphatic rings. The number of para-hydroxylation sites is 1. The van der Waals surface area contributed by atoms with E-state index in [1.165, 1.54) is 64.1 Å². The van der Waals surface area contributed by atoms with E-state index in [2.05, 4.69) is 181 Å². The van der Waals surface area contributed by atoms with E-state index in [4.69, 9.17) is 4.42 Å². The third-order valence-electron chi connectivity index (χ3n) is 10.6. The molecule has 0 radical (unpaired) electrons. The molecule has 0 saturated carbocycles. The van der Waals surface area contributed by atoms with Crippen molar-refractivity contribution in [3.05, 3.63) is 188 Å². The molecular weight excluding hydrogens is 663 g/mol. The van der Waals surface area contributed by atoms with E-state index in [0.717, 1.165) is 38.9 Å². The normalized spacial score (nSPS) is 11.8. The molecule has 0 atom stereocenters. The minimum atomic E-state index is 0.901. The van der Waals surface area contributed by atoms with Crippen LogP contribution in [0.4, 0.5) is 17.1 Å². The Morgan fingerprint density at radius 3 is 1.96 bits per heavy atom. The predicted octanol–water partition coefficient (Wildman–Crippen LogP) is 15.1. The van der Waals surface area contributed by atoms with Crippen LogP contribution in [0.5, 0.6) is 0 Å². The van der Waals surface area contributed by atoms with Gasteiger partial charge in [-0.1, -0.05) is 140 Å². The Kier molecular flexibility index (Phi) is 6.76. The molecule has 11 aromatic rings. The summed E-state index contributed by atoms with van der Waals surface area (Å²) in [6.45, 7) is 0. The Hall–Kier alpha value is -6.68. The smallest absolute Gasteiger partial charge is 0.135 e. The summed E-state index contributed by atoms with van der Waals surface area (Å²) in [5, 5.41) is 9.76. The molecule has 0 aliphatic heterocycles. The van der Waals surface area contributed by atoms with Crippen molar-refractivity contribution in [2.24, 2.45) is 0 Å². The fourth-order valence-electron chi connectivity index (χ4n) is 8.21. The van der Waals surface area contributed by atoms with E-state index < -0.39 is 0 Å². The van der Waals surface area contributed by atoms with Crippen molar-refractivity contribution in [1.29, 1.82) is 0 Å². The zero-order chi connectivity index (χ0) is 34.9. The monoisotopic (exact) mass is 693 g/mol. The summed E-state index contributed by atoms with van der Waals surface area (Å²) in [5.74, 6) is 0. The van der Waals surface area contributed by atoms with Gasteiger partial charge in [-0.25, -0.2) is 0 Å². The molecule has 248 valence electrons. The van der Waals surface area contributed by atoms with Gasteiger partial charge in [0.15, 0.2) is 0 Å². The number of furan rings is 1. The summed E-state index contributed by atoms with van der Waals surface area (Å²) in [7, 11) is 0. The molecule has 53 heavy (non-hydrogen) atoms. The van der Waals surface area contributed by atoms with Crippen LogP contribution < -0.4 is 4.90 Å². The lowest BCUT2D eigenvalue weighted by Crippen LogP contribution is -2.11. The van der Waals surface area contributed by atoms with Crippen LogP contribution in [0, 0.1) is 0 Å². The van der Waals surface area contributed by atoms with Gasteiger partial charge in [-0.2, -0.15) is 0 Å². The second kappa shape index (κ2) is 11.9. The molecule has 0 N–H and O–H groups in total. The zero-order valence-electron chi connectivity index (χ0n) is 28.7. The van der Waals surface area contributed by atoms with E-state index in [-0.39, 0.29) is 0 Å². The fraction of sp³-hybridized carbons (Fsp3) is 0. The zero-order valence-corrected chi connectivity index (χ0v) is 29.5. The SMILES string of the molecule is c1ccc(-c2cc(N(c3cc4ccccc4c4ccccc34)c3cccc4c3sc3ccccc34)ccc2-c2ccc3oc4ccccc4c3c2)cc1. The van der Waals surface area contributed by atoms with Crippen molar-refractivity contribution >= 4 is 92.1 Å². The van der Waals surface area contributed by atoms with Crippen molar-refractivity contribution in [1.82, 2.24) is 0 Å². The van der Waals surface area contributed by atoms with Gasteiger partial charge < -0.3 is 9.32 Å². The number of rotatable bonds is 5. The largest absolute Gasteiger partial charge is 0.456 e. The number of fused-ring (bicyclic) bond motifs is 9. The van der Waals surface area contributed by atoms with Crippen LogP contribution in [0.25, 0.3) is 85.9 Å². The van der Waals surface area contributed by atoms with E-state index in [0.29, 0.717) is 0 Å². The molecule has 2 aromatic heterocycles. The molecule has 9 aromatic carbocycles. The maximum atomic E-state index is 6.22. The first-order chi connectivity index (χ1) is 26.3. The van der Waals surface area contributed by atoms with Crippen LogP contribution >= 0.6 is 11.3 Å². The van der Waals surface area contributed by atoms with Gasteiger partial charge in [0.25, 0.3) is 0 Å². The van der Waals surface area contributed by atoms with Crippen molar-refractivity contribution in [3.63, 3.8) is 0 Å². The average molecular weight is 694 g/mol. The molecule has 0 bridgehead atoms. The van der Waals surface area contributed by atoms with E-state index in [9.17, 15) is 0 Å². The molecule has 0 unspecified atom stereocenters. The molecule has 2 heterocycles. The minimum Gasteiger partial charge on any atom is -0.456 e. The maximum Gasteiger partial charge on any atom is 0.135 e. The van der Waals surface area contributed by atoms with Crippen molar-refractivity contribution in [2.75, 3.05) is 4.90 Å². The minimum absolute atomic E-state index is 0.901. The van der Waals surface area contributed by atoms with Crippen molar-refractivity contribution < 1.29 is 4.42 Å². The Morgan fingerprint density at radius 2 is 1.08 bits per heavy atom. The van der Waals surface area contributed by atoms with Gasteiger partial charge in [0.05, 0.1) is 16.1 Å². The van der Waals surface area contributed by atoms with Gasteiger partial charge in [0.2, 0.25) is 0 Å². The van der Waals surface area contributed by atoms with Gasteiger partial charge >= 0.3 is 0 Å². The number of thiophene rings is 1. The van der Waals surface area contributed by atoms with E-state index >= 15 is 0 Å². The summed E-state index contributed by atoms with van der Waals surface area (Å²) in [4.78, 5) is 2.50. The van der Waals surface area contributed by atoms with Gasteiger partial charge in [0, 0.05) is 37.3 Å². The lowest BCUT2D eigenvalue weighted by molar-refractivity contribution is 0.669. The summed E-state index contributed by atoms with van der Waals surface area (Å²) in [6.07, 6.45) is 0. The average Bonchev–Trinajstić information content (AvgIpc) is 3.80. The quantitative estimate of drug-likeness (QED) is 0.167. The van der Waals surface area contributed by atoms with Crippen LogP contribution in [-0.4, -0.2) is 0 Å². The molecule has 0 amide bonds. The molecule has 0 spiro atoms. The number of hydrogen-bond acceptors (Lipinski definition) is 3. The summed E-state index contributed by atoms with van der Waals surface area (Å²) in [5.41, 5.74) is 9.92. The van der Waals surface area contributed by atoms with Crippen LogP contribution in [-0.2, 0) is 0 Å². The van der Waals surface area contributed by atoms with Crippen LogP contribution in [0.15, 0.2) is 192 Å². The molecule has 0 saturated heterocycles. The first kappa shape index (κ1) is 30.0. The van der Waals surface area contributed by atoms with Gasteiger partial charge in [-0.05, 0) is 86.9 Å². The summed E-state index contributed by atoms with van der Waals surface area (Å²) < 4.78 is 8.79. The predicted molar refractivity (Wildman–Crippen MR) is 227 cm³/mol. The molecule has 0 fully saturated rings. The Bertz CT molecular complexity index is 3190. The highest BCUT2D eigenvalue weighted by Crippen LogP contribution is 2.49. The third-order valence-corrected chi connectivity index (χ3v) is 11.9. The second-order valence-corrected chi connectivity index (χ2v) is 14.7. The van der Waals surface area contributed by atoms with Crippen LogP contribution in [0.1, 0.15) is 0 Å². The highest BCUT2D eigenvalue weighted by Gasteiger charge is 2.23. The lowest BCUT2D eigenvalue weighted by Gasteiger charge is -2.29. The van der Waals surface area contributed by atoms with Gasteiger partial charge in [-0.15, -0.1) is 11.3 Å². The van der Waals surface area contributed by atoms with Gasteiger partial charge in [-0.3, -0.25) is 0 Å². The third kappa shape index (κ3) is 4.78. The van der Waals surface area contributed by atoms with Crippen molar-refractivity contribution in [3.8, 4) is 22.3 Å².